The topological polar surface area (TPSA) is 24.9 Å². The van der Waals surface area contributed by atoms with E-state index < -0.39 is 5.67 Å². The smallest absolute Gasteiger partial charge is 0.117 e. The van der Waals surface area contributed by atoms with Crippen molar-refractivity contribution in [3.63, 3.8) is 0 Å². The van der Waals surface area contributed by atoms with Crippen molar-refractivity contribution in [3.8, 4) is 0 Å². The first-order chi connectivity index (χ1) is 6.58. The first-order valence-corrected chi connectivity index (χ1v) is 4.86. The Balaban J connectivity index is 2.17. The van der Waals surface area contributed by atoms with Gasteiger partial charge in [-0.05, 0) is 38.4 Å². The predicted octanol–water partition coefficient (Wildman–Crippen LogP) is 1.96. The van der Waals surface area contributed by atoms with Crippen LogP contribution in [-0.2, 0) is 6.42 Å². The summed E-state index contributed by atoms with van der Waals surface area (Å²) in [4.78, 5) is 4.01. The van der Waals surface area contributed by atoms with Crippen molar-refractivity contribution < 1.29 is 4.39 Å². The van der Waals surface area contributed by atoms with Gasteiger partial charge >= 0.3 is 0 Å². The van der Waals surface area contributed by atoms with Crippen molar-refractivity contribution in [2.24, 2.45) is 0 Å². The first-order valence-electron chi connectivity index (χ1n) is 4.86. The number of nitrogens with zero attached hydrogens (tertiary/aromatic N) is 1. The van der Waals surface area contributed by atoms with Crippen LogP contribution in [0.4, 0.5) is 4.39 Å². The van der Waals surface area contributed by atoms with Gasteiger partial charge in [-0.3, -0.25) is 4.98 Å². The molecule has 0 aliphatic heterocycles. The molecule has 0 atom stereocenters. The van der Waals surface area contributed by atoms with Crippen LogP contribution < -0.4 is 5.32 Å². The summed E-state index contributed by atoms with van der Waals surface area (Å²) in [5.41, 5.74) is 0.0474. The second kappa shape index (κ2) is 5.05. The molecule has 1 aromatic rings. The highest BCUT2D eigenvalue weighted by atomic mass is 19.1. The third kappa shape index (κ3) is 4.92. The second-order valence-corrected chi connectivity index (χ2v) is 4.01. The van der Waals surface area contributed by atoms with Crippen LogP contribution >= 0.6 is 0 Å². The van der Waals surface area contributed by atoms with Crippen molar-refractivity contribution in [1.29, 1.82) is 0 Å². The maximum atomic E-state index is 13.0. The standard InChI is InChI=1S/C11H17FN2/c1-11(2,12)9-14-7-5-10-4-3-6-13-8-10/h3-4,6,8,14H,5,7,9H2,1-2H3. The van der Waals surface area contributed by atoms with Crippen LogP contribution in [0.1, 0.15) is 19.4 Å². The Bertz CT molecular complexity index is 254. The fraction of sp³-hybridized carbons (Fsp3) is 0.545. The molecule has 78 valence electrons. The number of rotatable bonds is 5. The van der Waals surface area contributed by atoms with Gasteiger partial charge in [0.1, 0.15) is 5.67 Å². The van der Waals surface area contributed by atoms with Gasteiger partial charge in [-0.15, -0.1) is 0 Å². The fourth-order valence-electron chi connectivity index (χ4n) is 1.16. The van der Waals surface area contributed by atoms with Crippen molar-refractivity contribution in [1.82, 2.24) is 10.3 Å². The van der Waals surface area contributed by atoms with E-state index in [1.54, 1.807) is 20.0 Å². The second-order valence-electron chi connectivity index (χ2n) is 4.01. The van der Waals surface area contributed by atoms with Gasteiger partial charge in [0.25, 0.3) is 0 Å². The van der Waals surface area contributed by atoms with Gasteiger partial charge in [-0.1, -0.05) is 6.07 Å². The van der Waals surface area contributed by atoms with Gasteiger partial charge in [0.15, 0.2) is 0 Å². The van der Waals surface area contributed by atoms with Crippen LogP contribution in [0, 0.1) is 0 Å². The summed E-state index contributed by atoms with van der Waals surface area (Å²) in [6.07, 6.45) is 4.48. The minimum Gasteiger partial charge on any atom is -0.313 e. The predicted molar refractivity (Wildman–Crippen MR) is 56.0 cm³/mol. The molecule has 0 aliphatic rings. The normalized spacial score (nSPS) is 11.6. The Hall–Kier alpha value is -0.960. The highest BCUT2D eigenvalue weighted by Gasteiger charge is 2.13. The summed E-state index contributed by atoms with van der Waals surface area (Å²) in [6, 6.07) is 3.93. The largest absolute Gasteiger partial charge is 0.313 e. The number of hydrogen-bond donors (Lipinski definition) is 1. The number of alkyl halides is 1. The molecule has 3 heteroatoms. The quantitative estimate of drug-likeness (QED) is 0.728. The average molecular weight is 196 g/mol. The molecule has 1 rings (SSSR count). The molecule has 0 amide bonds. The Morgan fingerprint density at radius 1 is 1.50 bits per heavy atom. The molecule has 0 unspecified atom stereocenters. The van der Waals surface area contributed by atoms with E-state index >= 15 is 0 Å². The zero-order valence-corrected chi connectivity index (χ0v) is 8.76. The monoisotopic (exact) mass is 196 g/mol. The third-order valence-corrected chi connectivity index (χ3v) is 1.86. The number of aromatic nitrogens is 1. The average Bonchev–Trinajstić information content (AvgIpc) is 2.13. The molecule has 0 radical (unpaired) electrons. The molecular weight excluding hydrogens is 179 g/mol. The highest BCUT2D eigenvalue weighted by Crippen LogP contribution is 2.05. The van der Waals surface area contributed by atoms with Crippen molar-refractivity contribution >= 4 is 0 Å². The molecule has 0 saturated carbocycles. The summed E-state index contributed by atoms with van der Waals surface area (Å²) in [5.74, 6) is 0. The lowest BCUT2D eigenvalue weighted by Crippen LogP contribution is -2.32. The van der Waals surface area contributed by atoms with Gasteiger partial charge in [0.05, 0.1) is 0 Å². The molecule has 1 heterocycles. The summed E-state index contributed by atoms with van der Waals surface area (Å²) in [7, 11) is 0. The Morgan fingerprint density at radius 3 is 2.86 bits per heavy atom. The van der Waals surface area contributed by atoms with Crippen LogP contribution in [0.2, 0.25) is 0 Å². The van der Waals surface area contributed by atoms with Gasteiger partial charge in [0, 0.05) is 18.9 Å². The van der Waals surface area contributed by atoms with E-state index in [2.05, 4.69) is 10.3 Å². The van der Waals surface area contributed by atoms with Gasteiger partial charge in [0.2, 0.25) is 0 Å². The Kier molecular flexibility index (Phi) is 4.01. The Labute approximate surface area is 84.6 Å². The molecule has 1 N–H and O–H groups in total. The van der Waals surface area contributed by atoms with Gasteiger partial charge < -0.3 is 5.32 Å². The molecule has 14 heavy (non-hydrogen) atoms. The highest BCUT2D eigenvalue weighted by molar-refractivity contribution is 5.08. The van der Waals surface area contributed by atoms with Crippen LogP contribution in [0.25, 0.3) is 0 Å². The third-order valence-electron chi connectivity index (χ3n) is 1.86. The lowest BCUT2D eigenvalue weighted by atomic mass is 10.1. The number of halogens is 1. The van der Waals surface area contributed by atoms with E-state index in [-0.39, 0.29) is 0 Å². The molecule has 2 nitrogen and oxygen atoms in total. The molecule has 0 bridgehead atoms. The number of hydrogen-bond acceptors (Lipinski definition) is 2. The zero-order chi connectivity index (χ0) is 10.4. The van der Waals surface area contributed by atoms with Crippen LogP contribution in [0.5, 0.6) is 0 Å². The van der Waals surface area contributed by atoms with Crippen molar-refractivity contribution in [2.45, 2.75) is 25.9 Å². The molecule has 0 aromatic carbocycles. The minimum absolute atomic E-state index is 0.396. The molecule has 0 spiro atoms. The molecule has 0 saturated heterocycles. The van der Waals surface area contributed by atoms with Gasteiger partial charge in [-0.2, -0.15) is 0 Å². The molecule has 0 fully saturated rings. The maximum Gasteiger partial charge on any atom is 0.117 e. The summed E-state index contributed by atoms with van der Waals surface area (Å²) in [6.45, 7) is 4.33. The Morgan fingerprint density at radius 2 is 2.29 bits per heavy atom. The maximum absolute atomic E-state index is 13.0. The number of pyridine rings is 1. The van der Waals surface area contributed by atoms with Crippen molar-refractivity contribution in [2.75, 3.05) is 13.1 Å². The minimum atomic E-state index is -1.13. The van der Waals surface area contributed by atoms with E-state index in [1.165, 1.54) is 5.56 Å². The number of nitrogens with one attached hydrogen (secondary N) is 1. The fourth-order valence-corrected chi connectivity index (χ4v) is 1.16. The summed E-state index contributed by atoms with van der Waals surface area (Å²) >= 11 is 0. The van der Waals surface area contributed by atoms with E-state index in [4.69, 9.17) is 0 Å². The molecule has 1 aromatic heterocycles. The first kappa shape index (κ1) is 11.1. The SMILES string of the molecule is CC(C)(F)CNCCc1cccnc1. The van der Waals surface area contributed by atoms with Crippen LogP contribution in [0.15, 0.2) is 24.5 Å². The molecular formula is C11H17FN2. The van der Waals surface area contributed by atoms with E-state index in [0.717, 1.165) is 13.0 Å². The lowest BCUT2D eigenvalue weighted by Gasteiger charge is -2.14. The summed E-state index contributed by atoms with van der Waals surface area (Å²) in [5, 5.41) is 3.07. The zero-order valence-electron chi connectivity index (χ0n) is 8.76. The molecule has 0 aliphatic carbocycles. The van der Waals surface area contributed by atoms with E-state index in [1.807, 2.05) is 18.3 Å². The van der Waals surface area contributed by atoms with E-state index in [9.17, 15) is 4.39 Å². The van der Waals surface area contributed by atoms with Crippen molar-refractivity contribution in [3.05, 3.63) is 30.1 Å². The van der Waals surface area contributed by atoms with Gasteiger partial charge in [-0.25, -0.2) is 4.39 Å². The van der Waals surface area contributed by atoms with Crippen LogP contribution in [0.3, 0.4) is 0 Å². The lowest BCUT2D eigenvalue weighted by molar-refractivity contribution is 0.211. The van der Waals surface area contributed by atoms with Crippen LogP contribution in [-0.4, -0.2) is 23.7 Å². The van der Waals surface area contributed by atoms with E-state index in [0.29, 0.717) is 6.54 Å². The summed E-state index contributed by atoms with van der Waals surface area (Å²) < 4.78 is 13.0.